The summed E-state index contributed by atoms with van der Waals surface area (Å²) in [5.41, 5.74) is 16.3. The van der Waals surface area contributed by atoms with Crippen LogP contribution in [0.1, 0.15) is 43.6 Å². The second kappa shape index (κ2) is 10.6. The highest BCUT2D eigenvalue weighted by Crippen LogP contribution is 2.54. The Hall–Kier alpha value is -2.56. The van der Waals surface area contributed by atoms with Gasteiger partial charge in [-0.25, -0.2) is 0 Å². The van der Waals surface area contributed by atoms with Gasteiger partial charge in [0.2, 0.25) is 5.91 Å². The van der Waals surface area contributed by atoms with Gasteiger partial charge in [0.25, 0.3) is 0 Å². The maximum Gasteiger partial charge on any atom is 0.248 e. The van der Waals surface area contributed by atoms with E-state index >= 15 is 0 Å². The first kappa shape index (κ1) is 25.1. The molecule has 176 valence electrons. The molecular formula is C26H34N3O2PS. The lowest BCUT2D eigenvalue weighted by Gasteiger charge is -2.32. The summed E-state index contributed by atoms with van der Waals surface area (Å²) in [6.07, 6.45) is 0.615. The molecule has 3 rings (SSSR count). The standard InChI is InChI=1S/C26H34N3O2PS/c1-18(2)32(31,19(3)4)14-13-29(17-20-7-9-21(10-8-20)26(28)30)24-16-22(11-12-23(24)27)25-6-5-15-33-25/h5-12,15-16,18-19H,13-14,17,27H2,1-4H3,(H2,28,30). The topological polar surface area (TPSA) is 89.4 Å². The number of nitrogen functional groups attached to an aromatic ring is 1. The number of thiophene rings is 1. The van der Waals surface area contributed by atoms with Crippen molar-refractivity contribution in [2.24, 2.45) is 5.73 Å². The fourth-order valence-electron chi connectivity index (χ4n) is 4.08. The molecule has 2 aromatic carbocycles. The van der Waals surface area contributed by atoms with E-state index in [1.807, 2.05) is 30.3 Å². The number of carbonyl (C=O) groups is 1. The number of nitrogens with two attached hydrogens (primary N) is 2. The van der Waals surface area contributed by atoms with E-state index in [0.717, 1.165) is 16.8 Å². The van der Waals surface area contributed by atoms with Gasteiger partial charge in [-0.05, 0) is 46.8 Å². The van der Waals surface area contributed by atoms with Gasteiger partial charge in [0.05, 0.1) is 18.5 Å². The molecule has 0 radical (unpaired) electrons. The van der Waals surface area contributed by atoms with Crippen LogP contribution in [0.15, 0.2) is 60.0 Å². The van der Waals surface area contributed by atoms with Crippen molar-refractivity contribution in [2.45, 2.75) is 45.6 Å². The average molecular weight is 484 g/mol. The second-order valence-corrected chi connectivity index (χ2v) is 14.2. The maximum absolute atomic E-state index is 13.8. The molecule has 1 amide bonds. The summed E-state index contributed by atoms with van der Waals surface area (Å²) in [5, 5.41) is 2.06. The van der Waals surface area contributed by atoms with Gasteiger partial charge in [-0.15, -0.1) is 11.3 Å². The quantitative estimate of drug-likeness (QED) is 0.262. The van der Waals surface area contributed by atoms with Crippen LogP contribution < -0.4 is 16.4 Å². The van der Waals surface area contributed by atoms with Gasteiger partial charge in [-0.2, -0.15) is 0 Å². The summed E-state index contributed by atoms with van der Waals surface area (Å²) < 4.78 is 13.8. The minimum absolute atomic E-state index is 0.129. The number of amides is 1. The van der Waals surface area contributed by atoms with Gasteiger partial charge in [-0.3, -0.25) is 4.79 Å². The highest BCUT2D eigenvalue weighted by Gasteiger charge is 2.31. The Morgan fingerprint density at radius 3 is 2.24 bits per heavy atom. The Kier molecular flexibility index (Phi) is 8.04. The molecule has 1 heterocycles. The number of primary amides is 1. The van der Waals surface area contributed by atoms with E-state index in [1.165, 1.54) is 4.88 Å². The van der Waals surface area contributed by atoms with Crippen LogP contribution in [0.5, 0.6) is 0 Å². The fraction of sp³-hybridized carbons (Fsp3) is 0.346. The van der Waals surface area contributed by atoms with E-state index in [2.05, 4.69) is 50.1 Å². The summed E-state index contributed by atoms with van der Waals surface area (Å²) in [4.78, 5) is 14.8. The first-order valence-corrected chi connectivity index (χ1v) is 14.2. The largest absolute Gasteiger partial charge is 0.397 e. The molecule has 7 heteroatoms. The normalized spacial score (nSPS) is 11.8. The molecule has 0 fully saturated rings. The van der Waals surface area contributed by atoms with Gasteiger partial charge in [0.1, 0.15) is 0 Å². The summed E-state index contributed by atoms with van der Waals surface area (Å²) in [7, 11) is -2.38. The fourth-order valence-corrected chi connectivity index (χ4v) is 7.59. The highest BCUT2D eigenvalue weighted by molar-refractivity contribution is 7.65. The van der Waals surface area contributed by atoms with Crippen LogP contribution in [-0.2, 0) is 11.1 Å². The first-order chi connectivity index (χ1) is 15.6. The van der Waals surface area contributed by atoms with Crippen molar-refractivity contribution < 1.29 is 9.36 Å². The number of hydrogen-bond donors (Lipinski definition) is 2. The van der Waals surface area contributed by atoms with Gasteiger partial charge in [0.15, 0.2) is 0 Å². The second-order valence-electron chi connectivity index (χ2n) is 9.00. The van der Waals surface area contributed by atoms with E-state index < -0.39 is 13.0 Å². The molecular weight excluding hydrogens is 449 g/mol. The Bertz CT molecular complexity index is 1110. The third-order valence-corrected chi connectivity index (χ3v) is 11.6. The minimum atomic E-state index is -2.38. The Morgan fingerprint density at radius 1 is 1.03 bits per heavy atom. The number of nitrogens with zero attached hydrogens (tertiary/aromatic N) is 1. The molecule has 0 aliphatic heterocycles. The SMILES string of the molecule is CC(C)P(=O)(CCN(Cc1ccc(C(N)=O)cc1)c1cc(-c2cccs2)ccc1N)C(C)C. The molecule has 0 unspecified atom stereocenters. The van der Waals surface area contributed by atoms with Crippen molar-refractivity contribution in [1.82, 2.24) is 0 Å². The van der Waals surface area contributed by atoms with E-state index in [0.29, 0.717) is 30.5 Å². The summed E-state index contributed by atoms with van der Waals surface area (Å²) in [6.45, 7) is 9.44. The molecule has 5 nitrogen and oxygen atoms in total. The van der Waals surface area contributed by atoms with Crippen LogP contribution in [-0.4, -0.2) is 29.9 Å². The molecule has 0 bridgehead atoms. The van der Waals surface area contributed by atoms with Crippen molar-refractivity contribution in [3.63, 3.8) is 0 Å². The Labute approximate surface area is 201 Å². The van der Waals surface area contributed by atoms with E-state index in [4.69, 9.17) is 11.5 Å². The predicted octanol–water partition coefficient (Wildman–Crippen LogP) is 6.28. The summed E-state index contributed by atoms with van der Waals surface area (Å²) in [6, 6.07) is 17.6. The Balaban J connectivity index is 1.97. The zero-order valence-electron chi connectivity index (χ0n) is 19.8. The smallest absolute Gasteiger partial charge is 0.248 e. The number of carbonyl (C=O) groups excluding carboxylic acids is 1. The highest BCUT2D eigenvalue weighted by atomic mass is 32.1. The van der Waals surface area contributed by atoms with Gasteiger partial charge >= 0.3 is 0 Å². The van der Waals surface area contributed by atoms with Crippen LogP contribution in [0.25, 0.3) is 10.4 Å². The molecule has 3 aromatic rings. The molecule has 0 atom stereocenters. The molecule has 0 spiro atoms. The molecule has 1 aromatic heterocycles. The van der Waals surface area contributed by atoms with Crippen LogP contribution in [0, 0.1) is 0 Å². The van der Waals surface area contributed by atoms with Crippen LogP contribution in [0.4, 0.5) is 11.4 Å². The van der Waals surface area contributed by atoms with E-state index in [-0.39, 0.29) is 11.3 Å². The predicted molar refractivity (Wildman–Crippen MR) is 143 cm³/mol. The molecule has 0 saturated heterocycles. The number of hydrogen-bond acceptors (Lipinski definition) is 5. The monoisotopic (exact) mass is 483 g/mol. The van der Waals surface area contributed by atoms with E-state index in [1.54, 1.807) is 23.5 Å². The lowest BCUT2D eigenvalue weighted by atomic mass is 10.1. The third-order valence-electron chi connectivity index (χ3n) is 6.26. The third kappa shape index (κ3) is 5.87. The van der Waals surface area contributed by atoms with Gasteiger partial charge in [0, 0.05) is 41.0 Å². The van der Waals surface area contributed by atoms with Crippen molar-refractivity contribution in [3.8, 4) is 10.4 Å². The molecule has 33 heavy (non-hydrogen) atoms. The Morgan fingerprint density at radius 2 is 1.70 bits per heavy atom. The molecule has 0 saturated carbocycles. The van der Waals surface area contributed by atoms with Crippen molar-refractivity contribution >= 4 is 35.8 Å². The number of rotatable bonds is 10. The lowest BCUT2D eigenvalue weighted by molar-refractivity contribution is 0.100. The van der Waals surface area contributed by atoms with Crippen molar-refractivity contribution in [1.29, 1.82) is 0 Å². The lowest BCUT2D eigenvalue weighted by Crippen LogP contribution is -2.29. The number of benzene rings is 2. The number of anilines is 2. The zero-order chi connectivity index (χ0) is 24.2. The summed E-state index contributed by atoms with van der Waals surface area (Å²) in [5.74, 6) is -0.443. The van der Waals surface area contributed by atoms with Crippen LogP contribution in [0.2, 0.25) is 0 Å². The molecule has 0 aliphatic carbocycles. The average Bonchev–Trinajstić information content (AvgIpc) is 3.32. The summed E-state index contributed by atoms with van der Waals surface area (Å²) >= 11 is 1.69. The zero-order valence-corrected chi connectivity index (χ0v) is 21.5. The molecule has 4 N–H and O–H groups in total. The van der Waals surface area contributed by atoms with Gasteiger partial charge < -0.3 is 20.9 Å². The maximum atomic E-state index is 13.8. The van der Waals surface area contributed by atoms with Crippen molar-refractivity contribution in [2.75, 3.05) is 23.3 Å². The van der Waals surface area contributed by atoms with Gasteiger partial charge in [-0.1, -0.05) is 52.0 Å². The van der Waals surface area contributed by atoms with Crippen LogP contribution >= 0.6 is 18.5 Å². The van der Waals surface area contributed by atoms with E-state index in [9.17, 15) is 9.36 Å². The molecule has 0 aliphatic rings. The van der Waals surface area contributed by atoms with Crippen LogP contribution in [0.3, 0.4) is 0 Å². The van der Waals surface area contributed by atoms with Crippen molar-refractivity contribution in [3.05, 3.63) is 71.1 Å². The first-order valence-electron chi connectivity index (χ1n) is 11.3. The minimum Gasteiger partial charge on any atom is -0.397 e.